The molecule has 2 aromatic carbocycles. The Morgan fingerprint density at radius 2 is 1.23 bits per heavy atom. The molecule has 2 aliphatic rings. The first kappa shape index (κ1) is 19.1. The molecule has 0 aliphatic heterocycles. The second-order valence-corrected chi connectivity index (χ2v) is 37.1. The van der Waals surface area contributed by atoms with Crippen molar-refractivity contribution in [3.05, 3.63) is 81.9 Å². The summed E-state index contributed by atoms with van der Waals surface area (Å²) in [5, 5.41) is 0. The van der Waals surface area contributed by atoms with Crippen molar-refractivity contribution in [2.24, 2.45) is 0 Å². The van der Waals surface area contributed by atoms with Gasteiger partial charge < -0.3 is 0 Å². The predicted octanol–water partition coefficient (Wildman–Crippen LogP) is 7.97. The molecule has 0 saturated carbocycles. The van der Waals surface area contributed by atoms with Crippen molar-refractivity contribution in [1.29, 1.82) is 0 Å². The van der Waals surface area contributed by atoms with Crippen molar-refractivity contribution in [2.45, 2.75) is 28.0 Å². The molecule has 26 heavy (non-hydrogen) atoms. The van der Waals surface area contributed by atoms with E-state index >= 15 is 0 Å². The van der Waals surface area contributed by atoms with E-state index in [9.17, 15) is 0 Å². The molecule has 0 heterocycles. The van der Waals surface area contributed by atoms with Gasteiger partial charge in [0.15, 0.2) is 0 Å². The maximum absolute atomic E-state index is 7.81. The molecule has 0 bridgehead atoms. The van der Waals surface area contributed by atoms with E-state index in [2.05, 4.69) is 81.5 Å². The zero-order valence-corrected chi connectivity index (χ0v) is 20.1. The summed E-state index contributed by atoms with van der Waals surface area (Å²) in [7, 11) is 17.5. The summed E-state index contributed by atoms with van der Waals surface area (Å²) in [6.45, 7) is 6.60. The molecule has 0 N–H and O–H groups in total. The topological polar surface area (TPSA) is 0 Å². The van der Waals surface area contributed by atoms with Crippen molar-refractivity contribution in [3.8, 4) is 0 Å². The molecule has 0 amide bonds. The number of hydrogen-bond acceptors (Lipinski definition) is 1. The second kappa shape index (κ2) is 6.66. The Morgan fingerprint density at radius 3 is 1.65 bits per heavy atom. The summed E-state index contributed by atoms with van der Waals surface area (Å²) in [4.78, 5) is 0. The van der Waals surface area contributed by atoms with Gasteiger partial charge in [-0.15, -0.1) is 0 Å². The average Bonchev–Trinajstić information content (AvgIpc) is 3.11. The van der Waals surface area contributed by atoms with E-state index in [1.807, 2.05) is 8.52 Å². The number of rotatable bonds is 4. The van der Waals surface area contributed by atoms with E-state index in [1.54, 1.807) is 0 Å². The van der Waals surface area contributed by atoms with Gasteiger partial charge >= 0.3 is 168 Å². The zero-order chi connectivity index (χ0) is 18.6. The van der Waals surface area contributed by atoms with E-state index in [0.29, 0.717) is 0 Å². The standard InChI is InChI=1S/2C10H9.C2H6S.2ClH.Zr/c2*1-8-6-9-4-2-3-5-10(9)7-8;1-2-3;;;/h2*2-7H,1H3;3H,2H2,1H3;2*1H;/q;;;;;+3/p-3. The second-order valence-electron chi connectivity index (χ2n) is 7.40. The van der Waals surface area contributed by atoms with Gasteiger partial charge in [-0.3, -0.25) is 0 Å². The average molecular weight is 482 g/mol. The van der Waals surface area contributed by atoms with Crippen LogP contribution in [0.5, 0.6) is 0 Å². The number of hydrogen-bond donors (Lipinski definition) is 0. The molecule has 4 rings (SSSR count). The van der Waals surface area contributed by atoms with Crippen LogP contribution in [0.4, 0.5) is 0 Å². The summed E-state index contributed by atoms with van der Waals surface area (Å²) in [6.07, 6.45) is 4.57. The van der Waals surface area contributed by atoms with Crippen molar-refractivity contribution in [2.75, 3.05) is 5.75 Å². The molecule has 0 spiro atoms. The van der Waals surface area contributed by atoms with Crippen LogP contribution in [-0.2, 0) is 14.9 Å². The van der Waals surface area contributed by atoms with Gasteiger partial charge in [0, 0.05) is 0 Å². The van der Waals surface area contributed by atoms with Crippen LogP contribution in [-0.4, -0.2) is 5.75 Å². The predicted molar refractivity (Wildman–Crippen MR) is 116 cm³/mol. The van der Waals surface area contributed by atoms with Crippen LogP contribution in [0.2, 0.25) is 0 Å². The van der Waals surface area contributed by atoms with Gasteiger partial charge in [-0.05, 0) is 0 Å². The van der Waals surface area contributed by atoms with Gasteiger partial charge in [0.1, 0.15) is 0 Å². The first-order valence-electron chi connectivity index (χ1n) is 9.12. The van der Waals surface area contributed by atoms with Crippen LogP contribution in [0.15, 0.2) is 59.7 Å². The molecular weight excluding hydrogens is 458 g/mol. The van der Waals surface area contributed by atoms with Gasteiger partial charge in [0.2, 0.25) is 0 Å². The molecule has 0 radical (unpaired) electrons. The van der Waals surface area contributed by atoms with E-state index in [-0.39, 0.29) is 7.25 Å². The molecule has 4 heteroatoms. The number of halogens is 2. The van der Waals surface area contributed by atoms with Crippen LogP contribution < -0.4 is 0 Å². The summed E-state index contributed by atoms with van der Waals surface area (Å²) in [5.74, 6) is 0.941. The SMILES string of the molecule is CC[S][Zr]([Cl])([Cl])([CH]1C(C)=Cc2ccccc21)[CH]1C(C)=Cc2ccccc21. The fraction of sp³-hybridized carbons (Fsp3) is 0.273. The summed E-state index contributed by atoms with van der Waals surface area (Å²) in [5.41, 5.74) is 7.83. The van der Waals surface area contributed by atoms with Crippen molar-refractivity contribution >= 4 is 37.7 Å². The van der Waals surface area contributed by atoms with Crippen molar-refractivity contribution in [1.82, 2.24) is 0 Å². The van der Waals surface area contributed by atoms with Gasteiger partial charge in [-0.1, -0.05) is 0 Å². The number of fused-ring (bicyclic) bond motifs is 2. The Balaban J connectivity index is 1.95. The first-order chi connectivity index (χ1) is 12.4. The monoisotopic (exact) mass is 479 g/mol. The third-order valence-electron chi connectivity index (χ3n) is 5.72. The van der Waals surface area contributed by atoms with Crippen LogP contribution in [0.25, 0.3) is 12.2 Å². The Labute approximate surface area is 167 Å². The van der Waals surface area contributed by atoms with Crippen molar-refractivity contribution in [3.63, 3.8) is 0 Å². The molecule has 0 aromatic heterocycles. The molecule has 2 atom stereocenters. The third-order valence-corrected chi connectivity index (χ3v) is 33.3. The zero-order valence-electron chi connectivity index (χ0n) is 15.3. The van der Waals surface area contributed by atoms with E-state index in [4.69, 9.17) is 17.0 Å². The minimum atomic E-state index is -4.43. The molecule has 2 unspecified atom stereocenters. The summed E-state index contributed by atoms with van der Waals surface area (Å²) in [6, 6.07) is 17.2. The molecule has 0 nitrogen and oxygen atoms in total. The quantitative estimate of drug-likeness (QED) is 0.427. The minimum absolute atomic E-state index is 0.153. The molecule has 135 valence electrons. The molecule has 0 fully saturated rings. The van der Waals surface area contributed by atoms with E-state index in [0.717, 1.165) is 5.75 Å². The summed E-state index contributed by atoms with van der Waals surface area (Å²) < 4.78 is 0.306. The Bertz CT molecular complexity index is 873. The summed E-state index contributed by atoms with van der Waals surface area (Å²) >= 11 is -4.43. The number of benzene rings is 2. The van der Waals surface area contributed by atoms with Gasteiger partial charge in [-0.2, -0.15) is 0 Å². The third kappa shape index (κ3) is 2.75. The Morgan fingerprint density at radius 1 is 0.808 bits per heavy atom. The maximum atomic E-state index is 7.81. The Hall–Kier alpha value is -0.267. The van der Waals surface area contributed by atoms with Crippen LogP contribution in [0, 0.1) is 0 Å². The van der Waals surface area contributed by atoms with Crippen molar-refractivity contribution < 1.29 is 14.9 Å². The fourth-order valence-corrected chi connectivity index (χ4v) is 35.8. The van der Waals surface area contributed by atoms with Crippen LogP contribution >= 0.6 is 25.5 Å². The molecule has 2 aliphatic carbocycles. The normalized spacial score (nSPS) is 22.9. The number of allylic oxidation sites excluding steroid dienone is 2. The van der Waals surface area contributed by atoms with Gasteiger partial charge in [0.25, 0.3) is 0 Å². The van der Waals surface area contributed by atoms with E-state index < -0.39 is 14.9 Å². The fourth-order valence-electron chi connectivity index (χ4n) is 4.90. The first-order valence-corrected chi connectivity index (χ1v) is 22.3. The molecular formula is C22H23Cl2SZr. The van der Waals surface area contributed by atoms with Gasteiger partial charge in [0.05, 0.1) is 0 Å². The molecule has 2 aromatic rings. The molecule has 0 saturated heterocycles. The van der Waals surface area contributed by atoms with E-state index in [1.165, 1.54) is 33.4 Å². The Kier molecular flexibility index (Phi) is 4.88. The van der Waals surface area contributed by atoms with Crippen LogP contribution in [0.1, 0.15) is 50.3 Å². The van der Waals surface area contributed by atoms with Crippen LogP contribution in [0.3, 0.4) is 0 Å². The van der Waals surface area contributed by atoms with Gasteiger partial charge in [-0.25, -0.2) is 0 Å².